The summed E-state index contributed by atoms with van der Waals surface area (Å²) in [7, 11) is 0. The van der Waals surface area contributed by atoms with Crippen molar-refractivity contribution in [2.75, 3.05) is 37.6 Å². The lowest BCUT2D eigenvalue weighted by atomic mass is 9.94. The number of phenols is 1. The monoisotopic (exact) mass is 440 g/mol. The summed E-state index contributed by atoms with van der Waals surface area (Å²) >= 11 is 0. The Labute approximate surface area is 196 Å². The van der Waals surface area contributed by atoms with Crippen molar-refractivity contribution in [3.8, 4) is 22.9 Å². The molecule has 2 aliphatic heterocycles. The highest BCUT2D eigenvalue weighted by Crippen LogP contribution is 2.36. The number of hydrogen-bond acceptors (Lipinski definition) is 5. The third kappa shape index (κ3) is 4.54. The number of likely N-dealkylation sites (tertiary alicyclic amines) is 1. The number of nitriles is 1. The van der Waals surface area contributed by atoms with Crippen LogP contribution in [0.15, 0.2) is 42.6 Å². The molecule has 1 aromatic heterocycles. The molecule has 5 nitrogen and oxygen atoms in total. The predicted octanol–water partition coefficient (Wildman–Crippen LogP) is 5.35. The molecule has 0 amide bonds. The van der Waals surface area contributed by atoms with Crippen molar-refractivity contribution in [1.29, 1.82) is 5.26 Å². The number of benzene rings is 2. The van der Waals surface area contributed by atoms with E-state index in [9.17, 15) is 10.4 Å². The second-order valence-corrected chi connectivity index (χ2v) is 9.54. The van der Waals surface area contributed by atoms with Gasteiger partial charge in [-0.3, -0.25) is 4.98 Å². The van der Waals surface area contributed by atoms with E-state index in [1.807, 2.05) is 18.2 Å². The van der Waals surface area contributed by atoms with Gasteiger partial charge in [-0.1, -0.05) is 19.1 Å². The normalized spacial score (nSPS) is 17.5. The molecule has 2 fully saturated rings. The Morgan fingerprint density at radius 2 is 1.82 bits per heavy atom. The van der Waals surface area contributed by atoms with Crippen LogP contribution in [0.5, 0.6) is 5.75 Å². The summed E-state index contributed by atoms with van der Waals surface area (Å²) in [6.45, 7) is 7.77. The molecule has 5 rings (SSSR count). The first-order valence-corrected chi connectivity index (χ1v) is 12.3. The molecule has 0 atom stereocenters. The van der Waals surface area contributed by atoms with Crippen LogP contribution in [0.3, 0.4) is 0 Å². The molecule has 2 saturated heterocycles. The van der Waals surface area contributed by atoms with E-state index >= 15 is 0 Å². The SMILES string of the molecule is CCc1cc(O)cc(-c2ccc3ncc(C#N)c(N4CCC(CN5CCCC5)CC4)c3c2)c1. The lowest BCUT2D eigenvalue weighted by molar-refractivity contribution is 0.249. The number of piperidine rings is 1. The van der Waals surface area contributed by atoms with E-state index in [0.717, 1.165) is 71.6 Å². The molecular formula is C28H32N4O. The minimum Gasteiger partial charge on any atom is -0.508 e. The molecule has 5 heteroatoms. The van der Waals surface area contributed by atoms with Crippen molar-refractivity contribution in [3.63, 3.8) is 0 Å². The summed E-state index contributed by atoms with van der Waals surface area (Å²) in [5, 5.41) is 21.1. The fourth-order valence-electron chi connectivity index (χ4n) is 5.49. The molecule has 0 saturated carbocycles. The topological polar surface area (TPSA) is 63.4 Å². The van der Waals surface area contributed by atoms with E-state index in [-0.39, 0.29) is 5.75 Å². The minimum absolute atomic E-state index is 0.286. The Balaban J connectivity index is 1.47. The van der Waals surface area contributed by atoms with Gasteiger partial charge in [0.05, 0.1) is 16.8 Å². The average Bonchev–Trinajstić information content (AvgIpc) is 3.36. The number of aromatic nitrogens is 1. The van der Waals surface area contributed by atoms with Gasteiger partial charge in [0, 0.05) is 31.2 Å². The van der Waals surface area contributed by atoms with E-state index < -0.39 is 0 Å². The van der Waals surface area contributed by atoms with E-state index in [4.69, 9.17) is 0 Å². The highest BCUT2D eigenvalue weighted by Gasteiger charge is 2.25. The number of hydrogen-bond donors (Lipinski definition) is 1. The number of anilines is 1. The van der Waals surface area contributed by atoms with Crippen LogP contribution >= 0.6 is 0 Å². The van der Waals surface area contributed by atoms with Gasteiger partial charge in [0.25, 0.3) is 0 Å². The second-order valence-electron chi connectivity index (χ2n) is 9.54. The first kappa shape index (κ1) is 21.7. The Bertz CT molecular complexity index is 1180. The lowest BCUT2D eigenvalue weighted by Gasteiger charge is -2.36. The van der Waals surface area contributed by atoms with E-state index in [2.05, 4.69) is 46.0 Å². The van der Waals surface area contributed by atoms with Crippen LogP contribution in [0.1, 0.15) is 43.7 Å². The van der Waals surface area contributed by atoms with Crippen molar-refractivity contribution < 1.29 is 5.11 Å². The van der Waals surface area contributed by atoms with E-state index in [1.165, 1.54) is 32.5 Å². The zero-order valence-corrected chi connectivity index (χ0v) is 19.4. The number of fused-ring (bicyclic) bond motifs is 1. The molecule has 170 valence electrons. The summed E-state index contributed by atoms with van der Waals surface area (Å²) in [5.74, 6) is 1.03. The molecule has 3 aromatic rings. The van der Waals surface area contributed by atoms with Gasteiger partial charge >= 0.3 is 0 Å². The van der Waals surface area contributed by atoms with Crippen LogP contribution < -0.4 is 4.90 Å². The van der Waals surface area contributed by atoms with Crippen molar-refractivity contribution in [2.24, 2.45) is 5.92 Å². The molecule has 33 heavy (non-hydrogen) atoms. The molecule has 1 N–H and O–H groups in total. The summed E-state index contributed by atoms with van der Waals surface area (Å²) in [4.78, 5) is 9.59. The maximum absolute atomic E-state index is 10.2. The van der Waals surface area contributed by atoms with Gasteiger partial charge in [0.1, 0.15) is 11.8 Å². The largest absolute Gasteiger partial charge is 0.508 e. The average molecular weight is 441 g/mol. The van der Waals surface area contributed by atoms with Crippen molar-refractivity contribution >= 4 is 16.6 Å². The summed E-state index contributed by atoms with van der Waals surface area (Å²) in [6.07, 6.45) is 7.60. The van der Waals surface area contributed by atoms with Crippen LogP contribution in [-0.2, 0) is 6.42 Å². The Hall–Kier alpha value is -3.10. The molecule has 0 radical (unpaired) electrons. The highest BCUT2D eigenvalue weighted by atomic mass is 16.3. The Morgan fingerprint density at radius 1 is 1.03 bits per heavy atom. The van der Waals surface area contributed by atoms with Crippen molar-refractivity contribution in [2.45, 2.75) is 39.0 Å². The van der Waals surface area contributed by atoms with Crippen LogP contribution in [-0.4, -0.2) is 47.7 Å². The zero-order chi connectivity index (χ0) is 22.8. The number of aromatic hydroxyl groups is 1. The summed E-state index contributed by atoms with van der Waals surface area (Å²) in [6, 6.07) is 14.4. The quantitative estimate of drug-likeness (QED) is 0.579. The number of aryl methyl sites for hydroxylation is 1. The van der Waals surface area contributed by atoms with Gasteiger partial charge in [-0.2, -0.15) is 5.26 Å². The Kier molecular flexibility index (Phi) is 6.20. The fraction of sp³-hybridized carbons (Fsp3) is 0.429. The zero-order valence-electron chi connectivity index (χ0n) is 19.4. The first-order chi connectivity index (χ1) is 16.1. The van der Waals surface area contributed by atoms with Gasteiger partial charge in [0.2, 0.25) is 0 Å². The molecule has 0 aliphatic carbocycles. The third-order valence-corrected chi connectivity index (χ3v) is 7.32. The van der Waals surface area contributed by atoms with Crippen molar-refractivity contribution in [3.05, 3.63) is 53.7 Å². The number of pyridine rings is 1. The van der Waals surface area contributed by atoms with Crippen LogP contribution in [0.2, 0.25) is 0 Å². The second kappa shape index (κ2) is 9.41. The standard InChI is InChI=1S/C28H32N4O/c1-2-20-13-23(15-25(33)14-20)22-5-6-27-26(16-22)28(24(17-29)18-30-27)32-11-7-21(8-12-32)19-31-9-3-4-10-31/h5-6,13-16,18,21,33H,2-4,7-12,19H2,1H3. The smallest absolute Gasteiger partial charge is 0.116 e. The maximum atomic E-state index is 10.2. The highest BCUT2D eigenvalue weighted by molar-refractivity contribution is 5.97. The predicted molar refractivity (Wildman–Crippen MR) is 134 cm³/mol. The number of phenolic OH excluding ortho intramolecular Hbond substituents is 1. The third-order valence-electron chi connectivity index (χ3n) is 7.32. The van der Waals surface area contributed by atoms with Crippen LogP contribution in [0.4, 0.5) is 5.69 Å². The maximum Gasteiger partial charge on any atom is 0.116 e. The molecular weight excluding hydrogens is 408 g/mol. The van der Waals surface area contributed by atoms with Crippen molar-refractivity contribution in [1.82, 2.24) is 9.88 Å². The first-order valence-electron chi connectivity index (χ1n) is 12.3. The number of nitrogens with zero attached hydrogens (tertiary/aromatic N) is 4. The van der Waals surface area contributed by atoms with Gasteiger partial charge in [0.15, 0.2) is 0 Å². The van der Waals surface area contributed by atoms with Crippen LogP contribution in [0, 0.1) is 17.2 Å². The fourth-order valence-corrected chi connectivity index (χ4v) is 5.49. The summed E-state index contributed by atoms with van der Waals surface area (Å²) < 4.78 is 0. The molecule has 0 bridgehead atoms. The van der Waals surface area contributed by atoms with Crippen LogP contribution in [0.25, 0.3) is 22.0 Å². The molecule has 3 heterocycles. The van der Waals surface area contributed by atoms with E-state index in [1.54, 1.807) is 6.20 Å². The van der Waals surface area contributed by atoms with Gasteiger partial charge < -0.3 is 14.9 Å². The van der Waals surface area contributed by atoms with Gasteiger partial charge in [-0.05, 0) is 92.1 Å². The molecule has 0 spiro atoms. The number of rotatable bonds is 5. The molecule has 2 aliphatic rings. The molecule has 0 unspecified atom stereocenters. The van der Waals surface area contributed by atoms with Gasteiger partial charge in [-0.15, -0.1) is 0 Å². The molecule has 2 aromatic carbocycles. The Morgan fingerprint density at radius 3 is 2.55 bits per heavy atom. The minimum atomic E-state index is 0.286. The van der Waals surface area contributed by atoms with E-state index in [0.29, 0.717) is 5.56 Å². The summed E-state index contributed by atoms with van der Waals surface area (Å²) in [5.41, 5.74) is 5.70. The lowest BCUT2D eigenvalue weighted by Crippen LogP contribution is -2.38. The van der Waals surface area contributed by atoms with Gasteiger partial charge in [-0.25, -0.2) is 0 Å².